The van der Waals surface area contributed by atoms with Crippen molar-refractivity contribution >= 4 is 53.9 Å². The summed E-state index contributed by atoms with van der Waals surface area (Å²) in [5.74, 6) is 1.54. The van der Waals surface area contributed by atoms with Gasteiger partial charge in [0.15, 0.2) is 0 Å². The minimum Gasteiger partial charge on any atom is -0.456 e. The molecule has 9 aromatic carbocycles. The molecule has 0 fully saturated rings. The lowest BCUT2D eigenvalue weighted by atomic mass is 9.86. The number of hydrogen-bond acceptors (Lipinski definition) is 3. The summed E-state index contributed by atoms with van der Waals surface area (Å²) in [4.78, 5) is 4.35. The molecule has 0 bridgehead atoms. The van der Waals surface area contributed by atoms with Crippen molar-refractivity contribution in [2.24, 2.45) is 0 Å². The van der Waals surface area contributed by atoms with Gasteiger partial charge in [0.25, 0.3) is 0 Å². The third-order valence-corrected chi connectivity index (χ3v) is 10.7. The highest BCUT2D eigenvalue weighted by Crippen LogP contribution is 2.50. The Labute approximate surface area is 293 Å². The molecule has 0 amide bonds. The van der Waals surface area contributed by atoms with Crippen LogP contribution in [0.25, 0.3) is 98.4 Å². The summed E-state index contributed by atoms with van der Waals surface area (Å²) >= 11 is 0. The van der Waals surface area contributed by atoms with E-state index in [0.717, 1.165) is 39.0 Å². The van der Waals surface area contributed by atoms with Crippen LogP contribution in [-0.2, 0) is 0 Å². The van der Waals surface area contributed by atoms with E-state index in [-0.39, 0.29) is 0 Å². The third kappa shape index (κ3) is 4.08. The number of fused-ring (bicyclic) bond motifs is 3. The Bertz CT molecular complexity index is 3050. The number of ether oxygens (including phenoxy) is 1. The summed E-state index contributed by atoms with van der Waals surface area (Å²) in [7, 11) is 0. The van der Waals surface area contributed by atoms with Crippen molar-refractivity contribution in [3.8, 4) is 62.1 Å². The fourth-order valence-electron chi connectivity index (χ4n) is 8.41. The van der Waals surface area contributed by atoms with Gasteiger partial charge in [-0.15, -0.1) is 0 Å². The lowest BCUT2D eigenvalue weighted by Gasteiger charge is -2.23. The van der Waals surface area contributed by atoms with Gasteiger partial charge >= 0.3 is 0 Å². The molecule has 1 aliphatic rings. The highest BCUT2D eigenvalue weighted by atomic mass is 16.5. The van der Waals surface area contributed by atoms with E-state index in [1.54, 1.807) is 0 Å². The molecular formula is C48H26N2O. The van der Waals surface area contributed by atoms with Crippen molar-refractivity contribution in [1.29, 1.82) is 5.26 Å². The number of benzene rings is 9. The Morgan fingerprint density at radius 2 is 1.04 bits per heavy atom. The average Bonchev–Trinajstić information content (AvgIpc) is 3.19. The monoisotopic (exact) mass is 646 g/mol. The van der Waals surface area contributed by atoms with Crippen LogP contribution in [0.5, 0.6) is 11.5 Å². The van der Waals surface area contributed by atoms with Gasteiger partial charge in [-0.25, -0.2) is 0 Å². The predicted molar refractivity (Wildman–Crippen MR) is 209 cm³/mol. The molecule has 234 valence electrons. The molecule has 0 saturated carbocycles. The first-order chi connectivity index (χ1) is 25.2. The fraction of sp³-hybridized carbons (Fsp3) is 0. The van der Waals surface area contributed by atoms with Gasteiger partial charge in [0.1, 0.15) is 11.5 Å². The standard InChI is InChI=1S/C48H26N2O/c49-26-28-10-15-41-43-19-18-40(42-8-3-9-44(48(42)43)51-45(41)21-28)39-17-16-36(37-6-1-2-7-38(37)39)35-24-31-13-11-29-22-34(33-5-4-20-50-27-33)23-30-12-14-32(25-35)47(31)46(29)30/h1-25,27H. The maximum absolute atomic E-state index is 9.47. The third-order valence-electron chi connectivity index (χ3n) is 10.7. The van der Waals surface area contributed by atoms with Crippen molar-refractivity contribution < 1.29 is 4.74 Å². The van der Waals surface area contributed by atoms with Crippen LogP contribution in [0.2, 0.25) is 0 Å². The highest BCUT2D eigenvalue weighted by molar-refractivity contribution is 6.25. The largest absolute Gasteiger partial charge is 0.456 e. The minimum atomic E-state index is 0.591. The van der Waals surface area contributed by atoms with Crippen LogP contribution in [0.4, 0.5) is 0 Å². The lowest BCUT2D eigenvalue weighted by molar-refractivity contribution is 0.487. The summed E-state index contributed by atoms with van der Waals surface area (Å²) in [6.45, 7) is 0. The molecule has 0 radical (unpaired) electrons. The van der Waals surface area contributed by atoms with Crippen LogP contribution in [0, 0.1) is 11.3 Å². The van der Waals surface area contributed by atoms with Gasteiger partial charge in [0.05, 0.1) is 11.6 Å². The lowest BCUT2D eigenvalue weighted by Crippen LogP contribution is -1.98. The molecule has 2 heterocycles. The van der Waals surface area contributed by atoms with E-state index >= 15 is 0 Å². The first kappa shape index (κ1) is 27.9. The van der Waals surface area contributed by atoms with Crippen molar-refractivity contribution in [1.82, 2.24) is 4.98 Å². The molecule has 3 nitrogen and oxygen atoms in total. The van der Waals surface area contributed by atoms with Gasteiger partial charge in [-0.3, -0.25) is 4.98 Å². The molecule has 0 saturated heterocycles. The average molecular weight is 647 g/mol. The maximum Gasteiger partial charge on any atom is 0.136 e. The van der Waals surface area contributed by atoms with Gasteiger partial charge in [-0.05, 0) is 136 Å². The molecule has 1 aliphatic heterocycles. The van der Waals surface area contributed by atoms with Crippen LogP contribution < -0.4 is 4.74 Å². The van der Waals surface area contributed by atoms with E-state index < -0.39 is 0 Å². The molecule has 0 atom stereocenters. The second-order valence-corrected chi connectivity index (χ2v) is 13.4. The van der Waals surface area contributed by atoms with Crippen LogP contribution in [0.1, 0.15) is 5.56 Å². The fourth-order valence-corrected chi connectivity index (χ4v) is 8.41. The zero-order chi connectivity index (χ0) is 33.6. The van der Waals surface area contributed by atoms with Crippen LogP contribution in [-0.4, -0.2) is 4.98 Å². The summed E-state index contributed by atoms with van der Waals surface area (Å²) in [5.41, 5.74) is 9.81. The summed E-state index contributed by atoms with van der Waals surface area (Å²) in [5, 5.41) is 21.7. The summed E-state index contributed by atoms with van der Waals surface area (Å²) in [6.07, 6.45) is 3.75. The molecular weight excluding hydrogens is 621 g/mol. The van der Waals surface area contributed by atoms with Crippen LogP contribution in [0.3, 0.4) is 0 Å². The minimum absolute atomic E-state index is 0.591. The number of aromatic nitrogens is 1. The van der Waals surface area contributed by atoms with Crippen molar-refractivity contribution in [2.45, 2.75) is 0 Å². The SMILES string of the molecule is N#Cc1ccc2c(c1)Oc1cccc3c(-c4ccc(-c5cc6ccc7cc(-c8cccnc8)cc8ccc(c5)c6c78)c5ccccc45)ccc-2c13. The Hall–Kier alpha value is -7.02. The number of nitriles is 1. The van der Waals surface area contributed by atoms with E-state index in [4.69, 9.17) is 4.74 Å². The molecule has 0 unspecified atom stereocenters. The summed E-state index contributed by atoms with van der Waals surface area (Å²) in [6, 6.07) is 54.4. The summed E-state index contributed by atoms with van der Waals surface area (Å²) < 4.78 is 6.40. The molecule has 0 aliphatic carbocycles. The van der Waals surface area contributed by atoms with E-state index in [1.165, 1.54) is 70.9 Å². The molecule has 1 aromatic heterocycles. The number of hydrogen-bond donors (Lipinski definition) is 0. The van der Waals surface area contributed by atoms with Crippen LogP contribution >= 0.6 is 0 Å². The quantitative estimate of drug-likeness (QED) is 0.179. The number of rotatable bonds is 3. The maximum atomic E-state index is 9.47. The van der Waals surface area contributed by atoms with Gasteiger partial charge in [-0.2, -0.15) is 5.26 Å². The molecule has 0 N–H and O–H groups in total. The van der Waals surface area contributed by atoms with Gasteiger partial charge in [-0.1, -0.05) is 91.0 Å². The van der Waals surface area contributed by atoms with E-state index in [9.17, 15) is 5.26 Å². The number of pyridine rings is 1. The number of nitrogens with zero attached hydrogens (tertiary/aromatic N) is 2. The molecule has 10 aromatic rings. The van der Waals surface area contributed by atoms with Crippen molar-refractivity contribution in [3.63, 3.8) is 0 Å². The topological polar surface area (TPSA) is 45.9 Å². The molecule has 3 heteroatoms. The second-order valence-electron chi connectivity index (χ2n) is 13.4. The highest BCUT2D eigenvalue weighted by Gasteiger charge is 2.23. The Morgan fingerprint density at radius 3 is 1.73 bits per heavy atom. The van der Waals surface area contributed by atoms with Gasteiger partial charge < -0.3 is 4.74 Å². The van der Waals surface area contributed by atoms with Gasteiger partial charge in [0, 0.05) is 28.9 Å². The van der Waals surface area contributed by atoms with Gasteiger partial charge in [0.2, 0.25) is 0 Å². The van der Waals surface area contributed by atoms with E-state index in [2.05, 4.69) is 126 Å². The van der Waals surface area contributed by atoms with Crippen molar-refractivity contribution in [3.05, 3.63) is 164 Å². The molecule has 11 rings (SSSR count). The zero-order valence-corrected chi connectivity index (χ0v) is 27.3. The normalized spacial score (nSPS) is 12.1. The first-order valence-corrected chi connectivity index (χ1v) is 17.2. The Kier molecular flexibility index (Phi) is 5.73. The van der Waals surface area contributed by atoms with E-state index in [1.807, 2.05) is 42.7 Å². The Morgan fingerprint density at radius 1 is 0.431 bits per heavy atom. The van der Waals surface area contributed by atoms with Crippen molar-refractivity contribution in [2.75, 3.05) is 0 Å². The second kappa shape index (κ2) is 10.5. The molecule has 0 spiro atoms. The van der Waals surface area contributed by atoms with E-state index in [0.29, 0.717) is 5.56 Å². The van der Waals surface area contributed by atoms with Crippen LogP contribution in [0.15, 0.2) is 158 Å². The first-order valence-electron chi connectivity index (χ1n) is 17.2. The zero-order valence-electron chi connectivity index (χ0n) is 27.3. The Balaban J connectivity index is 1.07. The predicted octanol–water partition coefficient (Wildman–Crippen LogP) is 12.9. The molecule has 51 heavy (non-hydrogen) atoms. The smallest absolute Gasteiger partial charge is 0.136 e.